The van der Waals surface area contributed by atoms with Crippen LogP contribution in [0.1, 0.15) is 18.4 Å². The summed E-state index contributed by atoms with van der Waals surface area (Å²) in [6.45, 7) is 0. The highest BCUT2D eigenvalue weighted by atomic mass is 32.2. The molecule has 4 N–H and O–H groups in total. The molecule has 0 aromatic heterocycles. The minimum atomic E-state index is 0.0248. The Hall–Kier alpha value is -1.69. The van der Waals surface area contributed by atoms with Crippen LogP contribution < -0.4 is 11.1 Å². The monoisotopic (exact) mass is 265 g/mol. The first-order valence-electron chi connectivity index (χ1n) is 5.70. The molecule has 1 aliphatic rings. The third-order valence-corrected chi connectivity index (χ3v) is 3.65. The third-order valence-electron chi connectivity index (χ3n) is 2.57. The van der Waals surface area contributed by atoms with Crippen LogP contribution in [0.5, 0.6) is 0 Å². The van der Waals surface area contributed by atoms with E-state index < -0.39 is 0 Å². The van der Waals surface area contributed by atoms with Gasteiger partial charge in [-0.15, -0.1) is 11.8 Å². The van der Waals surface area contributed by atoms with Crippen LogP contribution in [-0.4, -0.2) is 28.7 Å². The molecule has 0 bridgehead atoms. The zero-order chi connectivity index (χ0) is 13.0. The molecule has 0 atom stereocenters. The molecule has 6 heteroatoms. The molecular formula is C12H15N3O2S. The van der Waals surface area contributed by atoms with Gasteiger partial charge in [0.05, 0.1) is 5.75 Å². The van der Waals surface area contributed by atoms with Crippen LogP contribution in [0.2, 0.25) is 0 Å². The highest BCUT2D eigenvalue weighted by Gasteiger charge is 2.23. The van der Waals surface area contributed by atoms with Gasteiger partial charge in [-0.25, -0.2) is 0 Å². The van der Waals surface area contributed by atoms with Gasteiger partial charge in [0, 0.05) is 16.5 Å². The van der Waals surface area contributed by atoms with Crippen molar-refractivity contribution in [2.24, 2.45) is 10.9 Å². The maximum atomic E-state index is 11.6. The van der Waals surface area contributed by atoms with Crippen LogP contribution in [0, 0.1) is 0 Å². The fourth-order valence-corrected chi connectivity index (χ4v) is 2.37. The number of hydrogen-bond donors (Lipinski definition) is 3. The van der Waals surface area contributed by atoms with E-state index in [0.29, 0.717) is 17.4 Å². The molecule has 18 heavy (non-hydrogen) atoms. The topological polar surface area (TPSA) is 87.7 Å². The molecule has 1 saturated carbocycles. The number of carbonyl (C=O) groups is 1. The number of carbonyl (C=O) groups excluding carboxylic acids is 1. The molecule has 0 saturated heterocycles. The normalized spacial score (nSPS) is 15.4. The van der Waals surface area contributed by atoms with Gasteiger partial charge in [-0.1, -0.05) is 23.4 Å². The lowest BCUT2D eigenvalue weighted by atomic mass is 10.2. The lowest BCUT2D eigenvalue weighted by molar-refractivity contribution is -0.118. The number of oxime groups is 1. The summed E-state index contributed by atoms with van der Waals surface area (Å²) in [6.07, 6.45) is 2.16. The predicted octanol–water partition coefficient (Wildman–Crippen LogP) is 1.15. The summed E-state index contributed by atoms with van der Waals surface area (Å²) >= 11 is 1.38. The van der Waals surface area contributed by atoms with Crippen molar-refractivity contribution >= 4 is 23.5 Å². The molecule has 0 radical (unpaired) electrons. The van der Waals surface area contributed by atoms with E-state index in [1.54, 1.807) is 6.07 Å². The fourth-order valence-electron chi connectivity index (χ4n) is 1.50. The summed E-state index contributed by atoms with van der Waals surface area (Å²) in [4.78, 5) is 12.4. The van der Waals surface area contributed by atoms with Gasteiger partial charge in [0.25, 0.3) is 0 Å². The number of benzene rings is 1. The SMILES string of the molecule is N/C(=N/O)c1ccccc1SCC(=O)NC1CC1. The second-order valence-corrected chi connectivity index (χ2v) is 5.13. The number of nitrogens with one attached hydrogen (secondary N) is 1. The van der Waals surface area contributed by atoms with E-state index in [2.05, 4.69) is 10.5 Å². The number of hydrogen-bond acceptors (Lipinski definition) is 4. The molecule has 1 aliphatic carbocycles. The molecular weight excluding hydrogens is 250 g/mol. The number of rotatable bonds is 5. The Morgan fingerprint density at radius 1 is 1.50 bits per heavy atom. The maximum absolute atomic E-state index is 11.6. The molecule has 1 fully saturated rings. The van der Waals surface area contributed by atoms with Gasteiger partial charge in [0.15, 0.2) is 5.84 Å². The predicted molar refractivity (Wildman–Crippen MR) is 70.8 cm³/mol. The van der Waals surface area contributed by atoms with E-state index in [1.807, 2.05) is 18.2 Å². The average molecular weight is 265 g/mol. The van der Waals surface area contributed by atoms with E-state index in [-0.39, 0.29) is 11.7 Å². The Labute approximate surface area is 109 Å². The molecule has 0 unspecified atom stereocenters. The highest BCUT2D eigenvalue weighted by molar-refractivity contribution is 8.00. The Morgan fingerprint density at radius 2 is 2.22 bits per heavy atom. The molecule has 1 aromatic rings. The van der Waals surface area contributed by atoms with E-state index in [4.69, 9.17) is 10.9 Å². The second kappa shape index (κ2) is 5.77. The first-order valence-corrected chi connectivity index (χ1v) is 6.68. The van der Waals surface area contributed by atoms with Crippen molar-refractivity contribution in [3.05, 3.63) is 29.8 Å². The molecule has 2 rings (SSSR count). The Kier molecular flexibility index (Phi) is 4.09. The van der Waals surface area contributed by atoms with Gasteiger partial charge in [-0.2, -0.15) is 0 Å². The van der Waals surface area contributed by atoms with Gasteiger partial charge in [-0.3, -0.25) is 4.79 Å². The van der Waals surface area contributed by atoms with E-state index in [9.17, 15) is 4.79 Å². The maximum Gasteiger partial charge on any atom is 0.230 e. The highest BCUT2D eigenvalue weighted by Crippen LogP contribution is 2.23. The summed E-state index contributed by atoms with van der Waals surface area (Å²) in [6, 6.07) is 7.65. The van der Waals surface area contributed by atoms with Crippen LogP contribution in [0.25, 0.3) is 0 Å². The lowest BCUT2D eigenvalue weighted by Gasteiger charge is -2.07. The quantitative estimate of drug-likeness (QED) is 0.245. The Morgan fingerprint density at radius 3 is 2.89 bits per heavy atom. The van der Waals surface area contributed by atoms with E-state index in [0.717, 1.165) is 17.7 Å². The summed E-state index contributed by atoms with van der Waals surface area (Å²) < 4.78 is 0. The number of thioether (sulfide) groups is 1. The van der Waals surface area contributed by atoms with Crippen LogP contribution >= 0.6 is 11.8 Å². The Bertz CT molecular complexity index is 472. The number of amides is 1. The molecule has 0 aliphatic heterocycles. The van der Waals surface area contributed by atoms with Crippen molar-refractivity contribution in [2.75, 3.05) is 5.75 Å². The number of nitrogens with zero attached hydrogens (tertiary/aromatic N) is 1. The van der Waals surface area contributed by atoms with Crippen LogP contribution in [0.3, 0.4) is 0 Å². The molecule has 96 valence electrons. The molecule has 1 amide bonds. The van der Waals surface area contributed by atoms with Gasteiger partial charge < -0.3 is 16.3 Å². The van der Waals surface area contributed by atoms with Crippen molar-refractivity contribution in [1.82, 2.24) is 5.32 Å². The van der Waals surface area contributed by atoms with Crippen LogP contribution in [0.4, 0.5) is 0 Å². The van der Waals surface area contributed by atoms with Gasteiger partial charge >= 0.3 is 0 Å². The summed E-state index contributed by atoms with van der Waals surface area (Å²) in [5.41, 5.74) is 6.22. The van der Waals surface area contributed by atoms with E-state index in [1.165, 1.54) is 11.8 Å². The molecule has 5 nitrogen and oxygen atoms in total. The zero-order valence-electron chi connectivity index (χ0n) is 9.80. The van der Waals surface area contributed by atoms with Crippen molar-refractivity contribution < 1.29 is 10.0 Å². The average Bonchev–Trinajstić information content (AvgIpc) is 3.19. The minimum absolute atomic E-state index is 0.0248. The first kappa shape index (κ1) is 12.8. The number of nitrogens with two attached hydrogens (primary N) is 1. The third kappa shape index (κ3) is 3.40. The Balaban J connectivity index is 1.97. The minimum Gasteiger partial charge on any atom is -0.409 e. The number of amidine groups is 1. The molecule has 1 aromatic carbocycles. The van der Waals surface area contributed by atoms with Crippen molar-refractivity contribution in [1.29, 1.82) is 0 Å². The molecule has 0 spiro atoms. The largest absolute Gasteiger partial charge is 0.409 e. The van der Waals surface area contributed by atoms with Crippen LogP contribution in [0.15, 0.2) is 34.3 Å². The summed E-state index contributed by atoms with van der Waals surface area (Å²) in [7, 11) is 0. The first-order chi connectivity index (χ1) is 8.70. The fraction of sp³-hybridized carbons (Fsp3) is 0.333. The summed E-state index contributed by atoms with van der Waals surface area (Å²) in [5, 5.41) is 14.6. The van der Waals surface area contributed by atoms with Crippen molar-refractivity contribution in [2.45, 2.75) is 23.8 Å². The van der Waals surface area contributed by atoms with Crippen molar-refractivity contribution in [3.8, 4) is 0 Å². The van der Waals surface area contributed by atoms with Crippen molar-refractivity contribution in [3.63, 3.8) is 0 Å². The van der Waals surface area contributed by atoms with E-state index >= 15 is 0 Å². The van der Waals surface area contributed by atoms with Gasteiger partial charge in [0.2, 0.25) is 5.91 Å². The summed E-state index contributed by atoms with van der Waals surface area (Å²) in [5.74, 6) is 0.421. The standard InChI is InChI=1S/C12H15N3O2S/c13-12(15-17)9-3-1-2-4-10(9)18-7-11(16)14-8-5-6-8/h1-4,8,17H,5-7H2,(H2,13,15)(H,14,16). The zero-order valence-corrected chi connectivity index (χ0v) is 10.6. The second-order valence-electron chi connectivity index (χ2n) is 4.11. The molecule has 0 heterocycles. The smallest absolute Gasteiger partial charge is 0.230 e. The van der Waals surface area contributed by atoms with Gasteiger partial charge in [0.1, 0.15) is 0 Å². The lowest BCUT2D eigenvalue weighted by Crippen LogP contribution is -2.27. The van der Waals surface area contributed by atoms with Gasteiger partial charge in [-0.05, 0) is 18.9 Å². The van der Waals surface area contributed by atoms with Crippen LogP contribution in [-0.2, 0) is 4.79 Å².